The van der Waals surface area contributed by atoms with Crippen LogP contribution in [0.2, 0.25) is 0 Å². The van der Waals surface area contributed by atoms with Crippen LogP contribution in [0.5, 0.6) is 0 Å². The fourth-order valence-corrected chi connectivity index (χ4v) is 1.54. The van der Waals surface area contributed by atoms with E-state index >= 15 is 0 Å². The van der Waals surface area contributed by atoms with Crippen molar-refractivity contribution in [2.75, 3.05) is 5.88 Å². The summed E-state index contributed by atoms with van der Waals surface area (Å²) >= 11 is 5.52. The minimum absolute atomic E-state index is 0.165. The van der Waals surface area contributed by atoms with Crippen molar-refractivity contribution < 1.29 is 13.3 Å². The van der Waals surface area contributed by atoms with Crippen molar-refractivity contribution in [2.45, 2.75) is 12.8 Å². The molecule has 0 aliphatic rings. The Balaban J connectivity index is 2.13. The zero-order chi connectivity index (χ0) is 12.3. The number of aryl methyl sites for hydroxylation is 1. The summed E-state index contributed by atoms with van der Waals surface area (Å²) in [6.07, 6.45) is 0.637. The lowest BCUT2D eigenvalue weighted by molar-refractivity contribution is 0.377. The first kappa shape index (κ1) is 12.0. The third-order valence-electron chi connectivity index (χ3n) is 2.18. The van der Waals surface area contributed by atoms with E-state index in [1.54, 1.807) is 0 Å². The molecule has 90 valence electrons. The van der Waals surface area contributed by atoms with Crippen LogP contribution < -0.4 is 0 Å². The van der Waals surface area contributed by atoms with Crippen LogP contribution in [-0.2, 0) is 12.8 Å². The van der Waals surface area contributed by atoms with Crippen molar-refractivity contribution in [3.8, 4) is 0 Å². The van der Waals surface area contributed by atoms with Crippen LogP contribution in [0.1, 0.15) is 17.3 Å². The van der Waals surface area contributed by atoms with Crippen LogP contribution in [0.4, 0.5) is 8.78 Å². The molecule has 0 saturated carbocycles. The first-order valence-electron chi connectivity index (χ1n) is 5.00. The standard InChI is InChI=1S/C11H9ClF2N2O/c12-4-3-11-15-10(16-17-11)5-7-1-2-8(13)6-9(7)14/h1-2,6H,3-5H2. The van der Waals surface area contributed by atoms with Gasteiger partial charge >= 0.3 is 0 Å². The van der Waals surface area contributed by atoms with E-state index in [4.69, 9.17) is 16.1 Å². The van der Waals surface area contributed by atoms with Gasteiger partial charge in [-0.15, -0.1) is 11.6 Å². The number of aromatic nitrogens is 2. The Morgan fingerprint density at radius 3 is 2.82 bits per heavy atom. The number of rotatable bonds is 4. The quantitative estimate of drug-likeness (QED) is 0.792. The molecule has 1 aromatic carbocycles. The molecule has 6 heteroatoms. The Kier molecular flexibility index (Phi) is 3.68. The van der Waals surface area contributed by atoms with Gasteiger partial charge in [0.2, 0.25) is 5.89 Å². The average Bonchev–Trinajstić information content (AvgIpc) is 2.71. The van der Waals surface area contributed by atoms with Crippen LogP contribution in [0.25, 0.3) is 0 Å². The fourth-order valence-electron chi connectivity index (χ4n) is 1.38. The van der Waals surface area contributed by atoms with Gasteiger partial charge in [-0.1, -0.05) is 11.2 Å². The highest BCUT2D eigenvalue weighted by molar-refractivity contribution is 6.17. The molecular formula is C11H9ClF2N2O. The van der Waals surface area contributed by atoms with Gasteiger partial charge in [0.05, 0.1) is 0 Å². The highest BCUT2D eigenvalue weighted by Gasteiger charge is 2.10. The van der Waals surface area contributed by atoms with Gasteiger partial charge in [-0.3, -0.25) is 0 Å². The lowest BCUT2D eigenvalue weighted by Crippen LogP contribution is -1.96. The number of alkyl halides is 1. The van der Waals surface area contributed by atoms with Crippen LogP contribution in [-0.4, -0.2) is 16.0 Å². The number of benzene rings is 1. The third kappa shape index (κ3) is 3.00. The molecule has 0 spiro atoms. The van der Waals surface area contributed by atoms with Gasteiger partial charge in [-0.2, -0.15) is 4.98 Å². The van der Waals surface area contributed by atoms with Gasteiger partial charge in [-0.05, 0) is 11.6 Å². The molecule has 2 rings (SSSR count). The third-order valence-corrected chi connectivity index (χ3v) is 2.37. The summed E-state index contributed by atoms with van der Waals surface area (Å²) in [4.78, 5) is 4.04. The van der Waals surface area contributed by atoms with Gasteiger partial charge in [0.15, 0.2) is 5.82 Å². The maximum Gasteiger partial charge on any atom is 0.227 e. The molecule has 0 atom stereocenters. The van der Waals surface area contributed by atoms with Gasteiger partial charge in [0, 0.05) is 24.8 Å². The van der Waals surface area contributed by atoms with Gasteiger partial charge in [-0.25, -0.2) is 8.78 Å². The lowest BCUT2D eigenvalue weighted by Gasteiger charge is -1.98. The molecule has 0 N–H and O–H groups in total. The summed E-state index contributed by atoms with van der Waals surface area (Å²) in [5.74, 6) is -0.0731. The van der Waals surface area contributed by atoms with Crippen LogP contribution >= 0.6 is 11.6 Å². The van der Waals surface area contributed by atoms with Gasteiger partial charge in [0.25, 0.3) is 0 Å². The lowest BCUT2D eigenvalue weighted by atomic mass is 10.1. The second-order valence-electron chi connectivity index (χ2n) is 3.46. The Morgan fingerprint density at radius 2 is 2.12 bits per heavy atom. The predicted octanol–water partition coefficient (Wildman–Crippen LogP) is 2.72. The summed E-state index contributed by atoms with van der Waals surface area (Å²) in [6.45, 7) is 0. The fraction of sp³-hybridized carbons (Fsp3) is 0.273. The molecule has 1 aromatic heterocycles. The second kappa shape index (κ2) is 5.23. The first-order chi connectivity index (χ1) is 8.19. The van der Waals surface area contributed by atoms with Crippen molar-refractivity contribution in [2.24, 2.45) is 0 Å². The van der Waals surface area contributed by atoms with E-state index in [9.17, 15) is 8.78 Å². The Morgan fingerprint density at radius 1 is 1.29 bits per heavy atom. The molecule has 3 nitrogen and oxygen atoms in total. The summed E-state index contributed by atoms with van der Waals surface area (Å²) in [7, 11) is 0. The SMILES string of the molecule is Fc1ccc(Cc2noc(CCCl)n2)c(F)c1. The maximum absolute atomic E-state index is 13.3. The van der Waals surface area contributed by atoms with E-state index < -0.39 is 11.6 Å². The number of halogens is 3. The van der Waals surface area contributed by atoms with E-state index in [1.165, 1.54) is 12.1 Å². The second-order valence-corrected chi connectivity index (χ2v) is 3.83. The van der Waals surface area contributed by atoms with E-state index in [0.29, 0.717) is 29.6 Å². The van der Waals surface area contributed by atoms with Crippen molar-refractivity contribution in [3.05, 3.63) is 47.1 Å². The van der Waals surface area contributed by atoms with Crippen LogP contribution in [0.3, 0.4) is 0 Å². The number of hydrogen-bond acceptors (Lipinski definition) is 3. The maximum atomic E-state index is 13.3. The minimum Gasteiger partial charge on any atom is -0.339 e. The van der Waals surface area contributed by atoms with Crippen LogP contribution in [0.15, 0.2) is 22.7 Å². The summed E-state index contributed by atoms with van der Waals surface area (Å²) in [5.41, 5.74) is 0.324. The molecule has 0 fully saturated rings. The van der Waals surface area contributed by atoms with Gasteiger partial charge in [0.1, 0.15) is 11.6 Å². The molecule has 0 bridgehead atoms. The largest absolute Gasteiger partial charge is 0.339 e. The first-order valence-corrected chi connectivity index (χ1v) is 5.54. The number of hydrogen-bond donors (Lipinski definition) is 0. The molecule has 0 aliphatic heterocycles. The summed E-state index contributed by atoms with van der Waals surface area (Å²) in [6, 6.07) is 3.38. The molecule has 1 heterocycles. The van der Waals surface area contributed by atoms with Crippen LogP contribution in [0, 0.1) is 11.6 Å². The Bertz CT molecular complexity index is 516. The smallest absolute Gasteiger partial charge is 0.227 e. The summed E-state index contributed by atoms with van der Waals surface area (Å²) < 4.78 is 30.9. The van der Waals surface area contributed by atoms with E-state index in [0.717, 1.165) is 6.07 Å². The highest BCUT2D eigenvalue weighted by Crippen LogP contribution is 2.13. The zero-order valence-corrected chi connectivity index (χ0v) is 9.55. The molecule has 0 saturated heterocycles. The van der Waals surface area contributed by atoms with E-state index in [1.807, 2.05) is 0 Å². The normalized spacial score (nSPS) is 10.8. The molecule has 2 aromatic rings. The van der Waals surface area contributed by atoms with Crippen molar-refractivity contribution in [1.29, 1.82) is 0 Å². The average molecular weight is 259 g/mol. The molecular weight excluding hydrogens is 250 g/mol. The topological polar surface area (TPSA) is 38.9 Å². The monoisotopic (exact) mass is 258 g/mol. The Labute approximate surface area is 101 Å². The van der Waals surface area contributed by atoms with Crippen molar-refractivity contribution in [3.63, 3.8) is 0 Å². The zero-order valence-electron chi connectivity index (χ0n) is 8.79. The highest BCUT2D eigenvalue weighted by atomic mass is 35.5. The summed E-state index contributed by atoms with van der Waals surface area (Å²) in [5, 5.41) is 3.69. The minimum atomic E-state index is -0.617. The van der Waals surface area contributed by atoms with Gasteiger partial charge < -0.3 is 4.52 Å². The van der Waals surface area contributed by atoms with Crippen molar-refractivity contribution >= 4 is 11.6 Å². The van der Waals surface area contributed by atoms with E-state index in [-0.39, 0.29) is 6.42 Å². The Hall–Kier alpha value is -1.49. The van der Waals surface area contributed by atoms with E-state index in [2.05, 4.69) is 10.1 Å². The molecule has 0 unspecified atom stereocenters. The predicted molar refractivity (Wildman–Crippen MR) is 57.9 cm³/mol. The molecule has 17 heavy (non-hydrogen) atoms. The molecule has 0 amide bonds. The number of nitrogens with zero attached hydrogens (tertiary/aromatic N) is 2. The molecule has 0 aliphatic carbocycles. The van der Waals surface area contributed by atoms with Crippen molar-refractivity contribution in [1.82, 2.24) is 10.1 Å². The molecule has 0 radical (unpaired) electrons.